The van der Waals surface area contributed by atoms with Crippen LogP contribution in [0.15, 0.2) is 103 Å². The van der Waals surface area contributed by atoms with Crippen LogP contribution in [0.25, 0.3) is 5.57 Å². The van der Waals surface area contributed by atoms with E-state index in [4.69, 9.17) is 9.47 Å². The summed E-state index contributed by atoms with van der Waals surface area (Å²) in [5.41, 5.74) is 2.20. The van der Waals surface area contributed by atoms with Crippen LogP contribution in [0.2, 0.25) is 0 Å². The van der Waals surface area contributed by atoms with Crippen molar-refractivity contribution in [3.8, 4) is 17.2 Å². The van der Waals surface area contributed by atoms with Crippen LogP contribution in [-0.4, -0.2) is 30.9 Å². The average Bonchev–Trinajstić information content (AvgIpc) is 2.95. The summed E-state index contributed by atoms with van der Waals surface area (Å²) in [5, 5.41) is 10.6. The molecule has 0 spiro atoms. The summed E-state index contributed by atoms with van der Waals surface area (Å²) < 4.78 is 10.9. The summed E-state index contributed by atoms with van der Waals surface area (Å²) >= 11 is 0. The monoisotopic (exact) mass is 492 g/mol. The first-order valence-electron chi connectivity index (χ1n) is 12.2. The molecular formula is C32H28O5. The maximum absolute atomic E-state index is 14.5. The molecule has 0 amide bonds. The highest BCUT2D eigenvalue weighted by Crippen LogP contribution is 2.58. The van der Waals surface area contributed by atoms with Gasteiger partial charge < -0.3 is 14.6 Å². The molecule has 0 bridgehead atoms. The van der Waals surface area contributed by atoms with E-state index in [-0.39, 0.29) is 28.8 Å². The molecule has 5 heteroatoms. The first-order chi connectivity index (χ1) is 18.0. The second-order valence-electron chi connectivity index (χ2n) is 9.29. The van der Waals surface area contributed by atoms with E-state index >= 15 is 0 Å². The van der Waals surface area contributed by atoms with Gasteiger partial charge in [-0.15, -0.1) is 0 Å². The zero-order valence-electron chi connectivity index (χ0n) is 20.8. The second-order valence-corrected chi connectivity index (χ2v) is 9.29. The summed E-state index contributed by atoms with van der Waals surface area (Å²) in [6.07, 6.45) is 5.64. The van der Waals surface area contributed by atoms with E-state index in [0.717, 1.165) is 16.7 Å². The molecule has 0 saturated heterocycles. The number of carbonyl (C=O) groups is 2. The Morgan fingerprint density at radius 3 is 2.11 bits per heavy atom. The minimum atomic E-state index is -1.22. The van der Waals surface area contributed by atoms with Crippen LogP contribution < -0.4 is 9.47 Å². The van der Waals surface area contributed by atoms with Crippen molar-refractivity contribution in [1.29, 1.82) is 0 Å². The fourth-order valence-corrected chi connectivity index (χ4v) is 5.96. The van der Waals surface area contributed by atoms with E-state index in [1.807, 2.05) is 66.7 Å². The predicted molar refractivity (Wildman–Crippen MR) is 143 cm³/mol. The summed E-state index contributed by atoms with van der Waals surface area (Å²) in [6, 6.07) is 22.2. The van der Waals surface area contributed by atoms with Gasteiger partial charge in [-0.3, -0.25) is 9.59 Å². The highest BCUT2D eigenvalue weighted by Gasteiger charge is 2.59. The number of methoxy groups -OCH3 is 2. The van der Waals surface area contributed by atoms with E-state index in [1.165, 1.54) is 20.3 Å². The maximum Gasteiger partial charge on any atom is 0.200 e. The number of ether oxygens (including phenoxy) is 2. The van der Waals surface area contributed by atoms with Crippen LogP contribution in [0.1, 0.15) is 29.0 Å². The van der Waals surface area contributed by atoms with Crippen molar-refractivity contribution in [2.24, 2.45) is 5.92 Å². The number of phenolic OH excluding ortho intramolecular Hbond substituents is 1. The number of allylic oxidation sites excluding steroid dienone is 5. The van der Waals surface area contributed by atoms with Gasteiger partial charge in [-0.2, -0.15) is 0 Å². The Morgan fingerprint density at radius 2 is 1.54 bits per heavy atom. The molecule has 0 heterocycles. The first-order valence-corrected chi connectivity index (χ1v) is 12.2. The van der Waals surface area contributed by atoms with Crippen LogP contribution in [-0.2, 0) is 15.0 Å². The minimum Gasteiger partial charge on any atom is -0.502 e. The number of rotatable bonds is 6. The molecule has 2 aliphatic carbocycles. The van der Waals surface area contributed by atoms with Gasteiger partial charge in [-0.05, 0) is 46.9 Å². The van der Waals surface area contributed by atoms with Crippen LogP contribution >= 0.6 is 0 Å². The third kappa shape index (κ3) is 3.70. The van der Waals surface area contributed by atoms with E-state index < -0.39 is 17.3 Å². The number of ketones is 2. The number of fused-ring (bicyclic) bond motifs is 1. The predicted octanol–water partition coefficient (Wildman–Crippen LogP) is 5.80. The van der Waals surface area contributed by atoms with Crippen molar-refractivity contribution >= 4 is 17.1 Å². The van der Waals surface area contributed by atoms with Crippen molar-refractivity contribution in [2.45, 2.75) is 17.8 Å². The van der Waals surface area contributed by atoms with Crippen LogP contribution in [0, 0.1) is 5.92 Å². The number of hydrogen-bond donors (Lipinski definition) is 1. The van der Waals surface area contributed by atoms with Crippen LogP contribution in [0.3, 0.4) is 0 Å². The van der Waals surface area contributed by atoms with Crippen molar-refractivity contribution in [3.63, 3.8) is 0 Å². The number of carbonyl (C=O) groups excluding carboxylic acids is 2. The highest BCUT2D eigenvalue weighted by molar-refractivity contribution is 6.31. The smallest absolute Gasteiger partial charge is 0.200 e. The lowest BCUT2D eigenvalue weighted by Crippen LogP contribution is -2.54. The molecule has 3 aromatic carbocycles. The first kappa shape index (κ1) is 24.3. The molecule has 0 radical (unpaired) electrons. The van der Waals surface area contributed by atoms with Gasteiger partial charge in [0.1, 0.15) is 0 Å². The van der Waals surface area contributed by atoms with Crippen molar-refractivity contribution in [2.75, 3.05) is 14.2 Å². The van der Waals surface area contributed by atoms with E-state index in [2.05, 4.69) is 6.58 Å². The van der Waals surface area contributed by atoms with Gasteiger partial charge in [0.2, 0.25) is 5.75 Å². The fraction of sp³-hybridized carbons (Fsp3) is 0.188. The Balaban J connectivity index is 1.83. The maximum atomic E-state index is 14.5. The second kappa shape index (κ2) is 9.58. The molecule has 0 fully saturated rings. The van der Waals surface area contributed by atoms with Crippen molar-refractivity contribution < 1.29 is 24.2 Å². The van der Waals surface area contributed by atoms with Gasteiger partial charge in [0.25, 0.3) is 0 Å². The molecule has 3 atom stereocenters. The molecule has 37 heavy (non-hydrogen) atoms. The van der Waals surface area contributed by atoms with E-state index in [1.54, 1.807) is 18.2 Å². The molecule has 0 unspecified atom stereocenters. The molecule has 5 nitrogen and oxygen atoms in total. The Morgan fingerprint density at radius 1 is 0.946 bits per heavy atom. The summed E-state index contributed by atoms with van der Waals surface area (Å²) in [5.74, 6) is -1.11. The Bertz CT molecular complexity index is 1410. The molecule has 3 aromatic rings. The van der Waals surface area contributed by atoms with Gasteiger partial charge in [-0.1, -0.05) is 79.4 Å². The molecule has 2 aliphatic rings. The van der Waals surface area contributed by atoms with Crippen LogP contribution in [0.5, 0.6) is 17.2 Å². The molecular weight excluding hydrogens is 464 g/mol. The van der Waals surface area contributed by atoms with E-state index in [0.29, 0.717) is 17.6 Å². The zero-order chi connectivity index (χ0) is 26.2. The highest BCUT2D eigenvalue weighted by atomic mass is 16.5. The van der Waals surface area contributed by atoms with Crippen LogP contribution in [0.4, 0.5) is 0 Å². The molecule has 1 N–H and O–H groups in total. The largest absolute Gasteiger partial charge is 0.502 e. The van der Waals surface area contributed by atoms with Crippen molar-refractivity contribution in [3.05, 3.63) is 120 Å². The van der Waals surface area contributed by atoms with Crippen molar-refractivity contribution in [1.82, 2.24) is 0 Å². The van der Waals surface area contributed by atoms with Gasteiger partial charge >= 0.3 is 0 Å². The summed E-state index contributed by atoms with van der Waals surface area (Å²) in [4.78, 5) is 28.7. The number of hydrogen-bond acceptors (Lipinski definition) is 5. The van der Waals surface area contributed by atoms with Gasteiger partial charge in [0.05, 0.1) is 19.6 Å². The summed E-state index contributed by atoms with van der Waals surface area (Å²) in [7, 11) is 2.92. The van der Waals surface area contributed by atoms with E-state index in [9.17, 15) is 14.7 Å². The standard InChI is InChI=1S/C32H28O5/c1-4-20-15-16-25-30(34)24(21-11-7-5-8-12-21)19-28(33)32(25,23-13-9-6-10-14-23)29(20)22-17-26(36-2)31(35)27(18-22)37-3/h4-15,17-19,25,29,35H,1,16H2,2-3H3/t25-,29+,32-/m0/s1. The molecule has 186 valence electrons. The summed E-state index contributed by atoms with van der Waals surface area (Å²) in [6.45, 7) is 4.04. The van der Waals surface area contributed by atoms with Gasteiger partial charge in [0, 0.05) is 17.4 Å². The quantitative estimate of drug-likeness (QED) is 0.471. The Kier molecular flexibility index (Phi) is 6.30. The number of benzene rings is 3. The Labute approximate surface area is 216 Å². The average molecular weight is 493 g/mol. The molecule has 0 aromatic heterocycles. The number of Topliss-reactive ketones (excluding diaryl/α,β-unsaturated/α-hetero) is 1. The zero-order valence-corrected chi connectivity index (χ0v) is 20.8. The number of aromatic hydroxyl groups is 1. The minimum absolute atomic E-state index is 0.0725. The van der Waals surface area contributed by atoms with Gasteiger partial charge in [-0.25, -0.2) is 0 Å². The Hall–Kier alpha value is -4.38. The SMILES string of the molecule is C=CC1=CC[C@H]2C(=O)C(c3ccccc3)=CC(=O)[C@@]2(c2ccccc2)[C@H]1c1cc(OC)c(O)c(OC)c1. The lowest BCUT2D eigenvalue weighted by atomic mass is 9.50. The molecule has 0 aliphatic heterocycles. The lowest BCUT2D eigenvalue weighted by Gasteiger charge is -2.49. The third-order valence-electron chi connectivity index (χ3n) is 7.60. The normalized spacial score (nSPS) is 23.0. The topological polar surface area (TPSA) is 72.8 Å². The third-order valence-corrected chi connectivity index (χ3v) is 7.60. The number of phenols is 1. The lowest BCUT2D eigenvalue weighted by molar-refractivity contribution is -0.131. The molecule has 0 saturated carbocycles. The molecule has 5 rings (SSSR count). The van der Waals surface area contributed by atoms with Gasteiger partial charge in [0.15, 0.2) is 23.1 Å². The fourth-order valence-electron chi connectivity index (χ4n) is 5.96.